The predicted molar refractivity (Wildman–Crippen MR) is 51.0 cm³/mol. The van der Waals surface area contributed by atoms with Crippen LogP contribution in [0.3, 0.4) is 0 Å². The summed E-state index contributed by atoms with van der Waals surface area (Å²) in [6.07, 6.45) is 1.14. The maximum atomic E-state index is 5.82. The van der Waals surface area contributed by atoms with E-state index in [9.17, 15) is 0 Å². The lowest BCUT2D eigenvalue weighted by atomic mass is 9.95. The van der Waals surface area contributed by atoms with E-state index in [4.69, 9.17) is 5.73 Å². The summed E-state index contributed by atoms with van der Waals surface area (Å²) < 4.78 is 0. The van der Waals surface area contributed by atoms with Gasteiger partial charge in [-0.15, -0.1) is 0 Å². The predicted octanol–water partition coefficient (Wildman–Crippen LogP) is 1.22. The van der Waals surface area contributed by atoms with Crippen molar-refractivity contribution in [1.29, 1.82) is 0 Å². The van der Waals surface area contributed by atoms with Crippen LogP contribution in [0.1, 0.15) is 16.7 Å². The molecule has 3 N–H and O–H groups in total. The van der Waals surface area contributed by atoms with Crippen LogP contribution < -0.4 is 11.1 Å². The number of nitrogen functional groups attached to an aromatic ring is 1. The fourth-order valence-corrected chi connectivity index (χ4v) is 1.75. The van der Waals surface area contributed by atoms with Crippen LogP contribution in [-0.4, -0.2) is 6.54 Å². The SMILES string of the molecule is Cc1c(N)ccc2c1CNCC2. The van der Waals surface area contributed by atoms with Gasteiger partial charge < -0.3 is 11.1 Å². The van der Waals surface area contributed by atoms with Gasteiger partial charge in [-0.25, -0.2) is 0 Å². The van der Waals surface area contributed by atoms with E-state index in [0.717, 1.165) is 25.2 Å². The lowest BCUT2D eigenvalue weighted by molar-refractivity contribution is 0.641. The highest BCUT2D eigenvalue weighted by atomic mass is 14.9. The van der Waals surface area contributed by atoms with Gasteiger partial charge in [-0.05, 0) is 42.6 Å². The number of hydrogen-bond donors (Lipinski definition) is 2. The number of fused-ring (bicyclic) bond motifs is 1. The van der Waals surface area contributed by atoms with Crippen LogP contribution >= 0.6 is 0 Å². The molecule has 0 fully saturated rings. The van der Waals surface area contributed by atoms with Crippen molar-refractivity contribution in [3.63, 3.8) is 0 Å². The Morgan fingerprint density at radius 3 is 3.08 bits per heavy atom. The van der Waals surface area contributed by atoms with Gasteiger partial charge in [-0.1, -0.05) is 6.07 Å². The molecule has 1 aliphatic heterocycles. The van der Waals surface area contributed by atoms with E-state index in [2.05, 4.69) is 18.3 Å². The highest BCUT2D eigenvalue weighted by molar-refractivity contribution is 5.53. The van der Waals surface area contributed by atoms with Crippen molar-refractivity contribution in [2.75, 3.05) is 12.3 Å². The zero-order chi connectivity index (χ0) is 8.55. The number of nitrogens with one attached hydrogen (secondary N) is 1. The standard InChI is InChI=1S/C10H14N2/c1-7-9-6-12-5-4-8(9)2-3-10(7)11/h2-3,12H,4-6,11H2,1H3. The molecule has 2 rings (SSSR count). The minimum Gasteiger partial charge on any atom is -0.399 e. The van der Waals surface area contributed by atoms with E-state index in [1.165, 1.54) is 16.7 Å². The summed E-state index contributed by atoms with van der Waals surface area (Å²) in [4.78, 5) is 0. The van der Waals surface area contributed by atoms with E-state index in [-0.39, 0.29) is 0 Å². The second-order valence-electron chi connectivity index (χ2n) is 3.34. The van der Waals surface area contributed by atoms with Crippen LogP contribution in [0.15, 0.2) is 12.1 Å². The molecular weight excluding hydrogens is 148 g/mol. The van der Waals surface area contributed by atoms with Crippen molar-refractivity contribution in [2.45, 2.75) is 19.9 Å². The van der Waals surface area contributed by atoms with E-state index in [1.54, 1.807) is 0 Å². The maximum absolute atomic E-state index is 5.82. The first-order chi connectivity index (χ1) is 5.79. The maximum Gasteiger partial charge on any atom is 0.0347 e. The molecule has 1 aromatic carbocycles. The Morgan fingerprint density at radius 1 is 1.42 bits per heavy atom. The van der Waals surface area contributed by atoms with E-state index in [1.807, 2.05) is 6.07 Å². The zero-order valence-corrected chi connectivity index (χ0v) is 7.35. The van der Waals surface area contributed by atoms with Crippen molar-refractivity contribution in [1.82, 2.24) is 5.32 Å². The molecule has 0 amide bonds. The van der Waals surface area contributed by atoms with Crippen LogP contribution in [0.2, 0.25) is 0 Å². The molecule has 0 aliphatic carbocycles. The van der Waals surface area contributed by atoms with Gasteiger partial charge in [0.15, 0.2) is 0 Å². The molecule has 0 bridgehead atoms. The molecular formula is C10H14N2. The highest BCUT2D eigenvalue weighted by Crippen LogP contribution is 2.22. The molecule has 2 heteroatoms. The molecule has 12 heavy (non-hydrogen) atoms. The van der Waals surface area contributed by atoms with E-state index >= 15 is 0 Å². The lowest BCUT2D eigenvalue weighted by Crippen LogP contribution is -2.24. The van der Waals surface area contributed by atoms with Gasteiger partial charge in [0.1, 0.15) is 0 Å². The van der Waals surface area contributed by atoms with Crippen molar-refractivity contribution >= 4 is 5.69 Å². The Labute approximate surface area is 72.8 Å². The minimum absolute atomic E-state index is 0.914. The molecule has 1 aromatic rings. The first kappa shape index (κ1) is 7.62. The second-order valence-corrected chi connectivity index (χ2v) is 3.34. The zero-order valence-electron chi connectivity index (χ0n) is 7.35. The third kappa shape index (κ3) is 1.08. The highest BCUT2D eigenvalue weighted by Gasteiger charge is 2.11. The van der Waals surface area contributed by atoms with Crippen LogP contribution in [0.4, 0.5) is 5.69 Å². The Morgan fingerprint density at radius 2 is 2.25 bits per heavy atom. The monoisotopic (exact) mass is 162 g/mol. The third-order valence-corrected chi connectivity index (χ3v) is 2.61. The molecule has 0 aromatic heterocycles. The van der Waals surface area contributed by atoms with Crippen LogP contribution in [0, 0.1) is 6.92 Å². The van der Waals surface area contributed by atoms with Gasteiger partial charge in [-0.3, -0.25) is 0 Å². The molecule has 2 nitrogen and oxygen atoms in total. The molecule has 0 spiro atoms. The first-order valence-corrected chi connectivity index (χ1v) is 4.36. The third-order valence-electron chi connectivity index (χ3n) is 2.61. The average molecular weight is 162 g/mol. The number of nitrogens with two attached hydrogens (primary N) is 1. The molecule has 0 saturated carbocycles. The van der Waals surface area contributed by atoms with E-state index in [0.29, 0.717) is 0 Å². The largest absolute Gasteiger partial charge is 0.399 e. The van der Waals surface area contributed by atoms with Crippen molar-refractivity contribution in [3.05, 3.63) is 28.8 Å². The summed E-state index contributed by atoms with van der Waals surface area (Å²) in [5, 5.41) is 3.35. The van der Waals surface area contributed by atoms with Gasteiger partial charge >= 0.3 is 0 Å². The van der Waals surface area contributed by atoms with Crippen LogP contribution in [0.5, 0.6) is 0 Å². The molecule has 1 heterocycles. The van der Waals surface area contributed by atoms with Gasteiger partial charge in [0.2, 0.25) is 0 Å². The van der Waals surface area contributed by atoms with Crippen LogP contribution in [-0.2, 0) is 13.0 Å². The minimum atomic E-state index is 0.914. The fourth-order valence-electron chi connectivity index (χ4n) is 1.75. The van der Waals surface area contributed by atoms with Crippen LogP contribution in [0.25, 0.3) is 0 Å². The molecule has 0 saturated heterocycles. The first-order valence-electron chi connectivity index (χ1n) is 4.36. The van der Waals surface area contributed by atoms with Gasteiger partial charge in [0.05, 0.1) is 0 Å². The van der Waals surface area contributed by atoms with Gasteiger partial charge in [-0.2, -0.15) is 0 Å². The number of anilines is 1. The Hall–Kier alpha value is -1.02. The fraction of sp³-hybridized carbons (Fsp3) is 0.400. The van der Waals surface area contributed by atoms with Gasteiger partial charge in [0.25, 0.3) is 0 Å². The van der Waals surface area contributed by atoms with Crippen molar-refractivity contribution in [3.8, 4) is 0 Å². The Kier molecular flexibility index (Phi) is 1.77. The Balaban J connectivity index is 2.54. The molecule has 0 atom stereocenters. The molecule has 1 aliphatic rings. The summed E-state index contributed by atoms with van der Waals surface area (Å²) in [6, 6.07) is 4.16. The molecule has 0 unspecified atom stereocenters. The smallest absolute Gasteiger partial charge is 0.0347 e. The topological polar surface area (TPSA) is 38.0 Å². The second kappa shape index (κ2) is 2.79. The quantitative estimate of drug-likeness (QED) is 0.563. The summed E-state index contributed by atoms with van der Waals surface area (Å²) in [6.45, 7) is 4.17. The number of hydrogen-bond acceptors (Lipinski definition) is 2. The molecule has 64 valence electrons. The summed E-state index contributed by atoms with van der Waals surface area (Å²) in [5.41, 5.74) is 10.8. The normalized spacial score (nSPS) is 15.8. The summed E-state index contributed by atoms with van der Waals surface area (Å²) >= 11 is 0. The van der Waals surface area contributed by atoms with Crippen molar-refractivity contribution < 1.29 is 0 Å². The number of rotatable bonds is 0. The average Bonchev–Trinajstić information content (AvgIpc) is 2.12. The molecule has 0 radical (unpaired) electrons. The van der Waals surface area contributed by atoms with Crippen molar-refractivity contribution in [2.24, 2.45) is 0 Å². The lowest BCUT2D eigenvalue weighted by Gasteiger charge is -2.19. The number of benzene rings is 1. The Bertz CT molecular complexity index is 305. The van der Waals surface area contributed by atoms with Gasteiger partial charge in [0, 0.05) is 12.2 Å². The summed E-state index contributed by atoms with van der Waals surface area (Å²) in [7, 11) is 0. The van der Waals surface area contributed by atoms with E-state index < -0.39 is 0 Å². The summed E-state index contributed by atoms with van der Waals surface area (Å²) in [5.74, 6) is 0.